The zero-order valence-corrected chi connectivity index (χ0v) is 6.59. The third kappa shape index (κ3) is 4.28. The van der Waals surface area contributed by atoms with Crippen molar-refractivity contribution in [1.29, 1.82) is 0 Å². The molecule has 0 heterocycles. The predicted octanol–water partition coefficient (Wildman–Crippen LogP) is 3.75. The van der Waals surface area contributed by atoms with Crippen molar-refractivity contribution in [3.63, 3.8) is 0 Å². The molecule has 2 unspecified atom stereocenters. The van der Waals surface area contributed by atoms with E-state index in [-0.39, 0.29) is 0 Å². The highest BCUT2D eigenvalue weighted by Crippen LogP contribution is 2.24. The maximum Gasteiger partial charge on any atom is 0.307 e. The highest BCUT2D eigenvalue weighted by atomic mass is 19.3. The molecule has 0 spiro atoms. The number of rotatable bonds is 4. The second-order valence-electron chi connectivity index (χ2n) is 1.98. The summed E-state index contributed by atoms with van der Waals surface area (Å²) >= 11 is 0. The van der Waals surface area contributed by atoms with Crippen molar-refractivity contribution in [2.45, 2.75) is 12.7 Å². The van der Waals surface area contributed by atoms with E-state index in [0.717, 1.165) is 0 Å². The second-order valence-corrected chi connectivity index (χ2v) is 1.98. The predicted molar refractivity (Wildman–Crippen MR) is 31.6 cm³/mol. The Hall–Kier alpha value is -1.12. The van der Waals surface area contributed by atoms with Crippen molar-refractivity contribution in [2.75, 3.05) is 0 Å². The molecule has 9 heteroatoms. The van der Waals surface area contributed by atoms with Gasteiger partial charge in [0.15, 0.2) is 0 Å². The summed E-state index contributed by atoms with van der Waals surface area (Å²) in [5.74, 6) is -5.63. The minimum atomic E-state index is -3.66. The molecular weight excluding hydrogens is 240 g/mol. The van der Waals surface area contributed by atoms with Crippen LogP contribution in [0.25, 0.3) is 0 Å². The smallest absolute Gasteiger partial charge is 0.301 e. The maximum absolute atomic E-state index is 12.1. The molecule has 0 aliphatic rings. The molecular formula is C6H2F8O. The lowest BCUT2D eigenvalue weighted by Crippen LogP contribution is -2.16. The topological polar surface area (TPSA) is 9.23 Å². The van der Waals surface area contributed by atoms with E-state index in [1.165, 1.54) is 0 Å². The Labute approximate surface area is 77.6 Å². The first kappa shape index (κ1) is 13.9. The molecule has 88 valence electrons. The van der Waals surface area contributed by atoms with Gasteiger partial charge in [0.2, 0.25) is 11.7 Å². The fourth-order valence-corrected chi connectivity index (χ4v) is 0.396. The van der Waals surface area contributed by atoms with Crippen LogP contribution >= 0.6 is 0 Å². The monoisotopic (exact) mass is 242 g/mol. The minimum absolute atomic E-state index is 2.82. The Balaban J connectivity index is 4.51. The third-order valence-electron chi connectivity index (χ3n) is 0.999. The van der Waals surface area contributed by atoms with Gasteiger partial charge in [0.1, 0.15) is 0 Å². The van der Waals surface area contributed by atoms with Gasteiger partial charge in [0.25, 0.3) is 12.7 Å². The van der Waals surface area contributed by atoms with Gasteiger partial charge in [-0.05, 0) is 0 Å². The summed E-state index contributed by atoms with van der Waals surface area (Å²) in [5, 5.41) is 0. The molecule has 0 aromatic carbocycles. The number of alkyl halides is 2. The average Bonchev–Trinajstić information content (AvgIpc) is 2.14. The summed E-state index contributed by atoms with van der Waals surface area (Å²) in [6, 6.07) is 0. The lowest BCUT2D eigenvalue weighted by Gasteiger charge is -2.09. The molecule has 0 aliphatic heterocycles. The van der Waals surface area contributed by atoms with Crippen molar-refractivity contribution in [1.82, 2.24) is 0 Å². The van der Waals surface area contributed by atoms with Crippen LogP contribution in [-0.2, 0) is 4.74 Å². The van der Waals surface area contributed by atoms with Gasteiger partial charge >= 0.3 is 12.2 Å². The van der Waals surface area contributed by atoms with Crippen LogP contribution in [0.1, 0.15) is 0 Å². The van der Waals surface area contributed by atoms with Crippen LogP contribution < -0.4 is 0 Å². The van der Waals surface area contributed by atoms with E-state index in [4.69, 9.17) is 0 Å². The molecule has 0 N–H and O–H groups in total. The Bertz CT molecular complexity index is 249. The van der Waals surface area contributed by atoms with Crippen LogP contribution in [0.15, 0.2) is 23.8 Å². The number of halogens is 8. The van der Waals surface area contributed by atoms with Gasteiger partial charge in [-0.15, -0.1) is 0 Å². The van der Waals surface area contributed by atoms with Crippen LogP contribution in [0, 0.1) is 0 Å². The Morgan fingerprint density at radius 2 is 0.933 bits per heavy atom. The molecule has 0 aromatic heterocycles. The van der Waals surface area contributed by atoms with Crippen LogP contribution in [0.2, 0.25) is 0 Å². The number of hydrogen-bond acceptors (Lipinski definition) is 1. The molecule has 2 atom stereocenters. The summed E-state index contributed by atoms with van der Waals surface area (Å²) in [6.07, 6.45) is -13.6. The third-order valence-corrected chi connectivity index (χ3v) is 0.999. The van der Waals surface area contributed by atoms with E-state index in [1.807, 2.05) is 0 Å². The largest absolute Gasteiger partial charge is 0.307 e. The van der Waals surface area contributed by atoms with Crippen LogP contribution in [0.4, 0.5) is 35.1 Å². The molecule has 15 heavy (non-hydrogen) atoms. The normalized spacial score (nSPS) is 14.4. The highest BCUT2D eigenvalue weighted by Gasteiger charge is 2.28. The van der Waals surface area contributed by atoms with Gasteiger partial charge in [-0.1, -0.05) is 0 Å². The fourth-order valence-electron chi connectivity index (χ4n) is 0.396. The molecule has 1 nitrogen and oxygen atoms in total. The van der Waals surface area contributed by atoms with Gasteiger partial charge in [-0.25, -0.2) is 8.78 Å². The van der Waals surface area contributed by atoms with Gasteiger partial charge in [0.05, 0.1) is 0 Å². The Morgan fingerprint density at radius 1 is 0.667 bits per heavy atom. The van der Waals surface area contributed by atoms with E-state index in [2.05, 4.69) is 4.74 Å². The number of hydrogen-bond donors (Lipinski definition) is 0. The van der Waals surface area contributed by atoms with Gasteiger partial charge in [-0.3, -0.25) is 0 Å². The zero-order valence-electron chi connectivity index (χ0n) is 6.59. The zero-order chi connectivity index (χ0) is 12.2. The second kappa shape index (κ2) is 5.69. The lowest BCUT2D eigenvalue weighted by molar-refractivity contribution is -0.122. The first-order chi connectivity index (χ1) is 6.77. The molecule has 0 radical (unpaired) electrons. The van der Waals surface area contributed by atoms with Crippen LogP contribution in [-0.4, -0.2) is 12.7 Å². The lowest BCUT2D eigenvalue weighted by atomic mass is 10.5. The SMILES string of the molecule is FC(F)=C(F)C(F)OC(F)C(F)=C(F)F. The molecule has 0 saturated heterocycles. The molecule has 0 aliphatic carbocycles. The van der Waals surface area contributed by atoms with Gasteiger partial charge in [0, 0.05) is 0 Å². The molecule has 0 amide bonds. The molecule has 0 saturated carbocycles. The summed E-state index contributed by atoms with van der Waals surface area (Å²) in [5.41, 5.74) is 0. The van der Waals surface area contributed by atoms with Crippen molar-refractivity contribution in [3.05, 3.63) is 23.8 Å². The summed E-state index contributed by atoms with van der Waals surface area (Å²) in [4.78, 5) is 0. The molecule has 0 aromatic rings. The van der Waals surface area contributed by atoms with E-state index >= 15 is 0 Å². The highest BCUT2D eigenvalue weighted by molar-refractivity contribution is 4.98. The van der Waals surface area contributed by atoms with E-state index in [0.29, 0.717) is 0 Å². The Morgan fingerprint density at radius 3 is 1.13 bits per heavy atom. The van der Waals surface area contributed by atoms with Crippen LogP contribution in [0.3, 0.4) is 0 Å². The van der Waals surface area contributed by atoms with E-state index in [1.54, 1.807) is 0 Å². The quantitative estimate of drug-likeness (QED) is 0.682. The summed E-state index contributed by atoms with van der Waals surface area (Å²) < 4.78 is 96.1. The first-order valence-corrected chi connectivity index (χ1v) is 3.12. The first-order valence-electron chi connectivity index (χ1n) is 3.12. The van der Waals surface area contributed by atoms with Gasteiger partial charge < -0.3 is 4.74 Å². The number of ether oxygens (including phenoxy) is 1. The van der Waals surface area contributed by atoms with Crippen molar-refractivity contribution >= 4 is 0 Å². The standard InChI is InChI=1S/C6H2F8O/c7-1(3(9)10)5(13)15-6(14)2(8)4(11)12/h5-6H. The van der Waals surface area contributed by atoms with Crippen molar-refractivity contribution in [3.8, 4) is 0 Å². The molecule has 0 fully saturated rings. The minimum Gasteiger partial charge on any atom is -0.301 e. The van der Waals surface area contributed by atoms with Gasteiger partial charge in [-0.2, -0.15) is 26.3 Å². The molecule has 0 bridgehead atoms. The average molecular weight is 242 g/mol. The van der Waals surface area contributed by atoms with E-state index in [9.17, 15) is 35.1 Å². The fraction of sp³-hybridized carbons (Fsp3) is 0.333. The summed E-state index contributed by atoms with van der Waals surface area (Å²) in [6.45, 7) is 0. The molecule has 0 rings (SSSR count). The summed E-state index contributed by atoms with van der Waals surface area (Å²) in [7, 11) is 0. The Kier molecular flexibility index (Phi) is 5.26. The van der Waals surface area contributed by atoms with Crippen molar-refractivity contribution < 1.29 is 39.9 Å². The van der Waals surface area contributed by atoms with E-state index < -0.39 is 36.5 Å². The van der Waals surface area contributed by atoms with Crippen molar-refractivity contribution in [2.24, 2.45) is 0 Å². The maximum atomic E-state index is 12.1. The van der Waals surface area contributed by atoms with Crippen LogP contribution in [0.5, 0.6) is 0 Å².